The van der Waals surface area contributed by atoms with E-state index in [-0.39, 0.29) is 5.41 Å². The average Bonchev–Trinajstić information content (AvgIpc) is 3.08. The minimum absolute atomic E-state index is 0.0855. The minimum Gasteiger partial charge on any atom is -0.200 e. The maximum atomic E-state index is 2.48. The standard InChI is InChI=1S/C44H50N2/c1-7-10-16-33-22-24-40-39(29-33)42-21-13-14-26-46(42)43(44(40,8-2)9-3)30-36-18-11-12-20-38(36)41-25-23-37(31-45(41)6)35-19-15-17-34(28-35)27-32(4)5/h11-15,17-26,28-32H,7-10,16,27H2,1-6H3/q+2. The van der Waals surface area contributed by atoms with Crippen LogP contribution in [0, 0.1) is 5.92 Å². The fourth-order valence-corrected chi connectivity index (χ4v) is 7.61. The zero-order valence-electron chi connectivity index (χ0n) is 28.7. The van der Waals surface area contributed by atoms with Crippen molar-refractivity contribution in [1.29, 1.82) is 0 Å². The lowest BCUT2D eigenvalue weighted by molar-refractivity contribution is -0.659. The molecule has 0 N–H and O–H groups in total. The number of pyridine rings is 2. The van der Waals surface area contributed by atoms with Crippen LogP contribution in [0.4, 0.5) is 0 Å². The van der Waals surface area contributed by atoms with Crippen molar-refractivity contribution in [3.8, 4) is 33.6 Å². The number of benzene rings is 3. The van der Waals surface area contributed by atoms with Crippen LogP contribution >= 0.6 is 0 Å². The van der Waals surface area contributed by atoms with Crippen LogP contribution in [0.15, 0.2) is 109 Å². The summed E-state index contributed by atoms with van der Waals surface area (Å²) in [4.78, 5) is 0. The summed E-state index contributed by atoms with van der Waals surface area (Å²) in [6, 6.07) is 36.5. The second-order valence-corrected chi connectivity index (χ2v) is 13.6. The lowest BCUT2D eigenvalue weighted by Gasteiger charge is -2.36. The fraction of sp³-hybridized carbons (Fsp3) is 0.318. The molecule has 2 aromatic heterocycles. The molecule has 0 aliphatic carbocycles. The van der Waals surface area contributed by atoms with Gasteiger partial charge in [-0.25, -0.2) is 4.57 Å². The Morgan fingerprint density at radius 3 is 2.28 bits per heavy atom. The molecule has 0 saturated carbocycles. The van der Waals surface area contributed by atoms with Crippen molar-refractivity contribution in [1.82, 2.24) is 0 Å². The molecule has 0 spiro atoms. The van der Waals surface area contributed by atoms with E-state index in [1.165, 1.54) is 74.4 Å². The molecule has 6 rings (SSSR count). The molecule has 5 aromatic rings. The first-order chi connectivity index (χ1) is 22.4. The Morgan fingerprint density at radius 1 is 0.717 bits per heavy atom. The molecule has 3 heterocycles. The van der Waals surface area contributed by atoms with Gasteiger partial charge < -0.3 is 0 Å². The van der Waals surface area contributed by atoms with Crippen molar-refractivity contribution in [2.45, 2.75) is 78.6 Å². The zero-order chi connectivity index (χ0) is 32.3. The molecule has 234 valence electrons. The van der Waals surface area contributed by atoms with Crippen molar-refractivity contribution in [2.24, 2.45) is 13.0 Å². The summed E-state index contributed by atoms with van der Waals surface area (Å²) in [5.41, 5.74) is 14.5. The van der Waals surface area contributed by atoms with E-state index in [0.717, 1.165) is 25.7 Å². The van der Waals surface area contributed by atoms with Crippen molar-refractivity contribution in [3.63, 3.8) is 0 Å². The highest BCUT2D eigenvalue weighted by Gasteiger charge is 2.46. The molecule has 0 unspecified atom stereocenters. The van der Waals surface area contributed by atoms with Crippen LogP contribution < -0.4 is 9.13 Å². The highest BCUT2D eigenvalue weighted by Crippen LogP contribution is 2.48. The van der Waals surface area contributed by atoms with Gasteiger partial charge in [0, 0.05) is 29.8 Å². The molecular weight excluding hydrogens is 556 g/mol. The number of hydrogen-bond donors (Lipinski definition) is 0. The first kappa shape index (κ1) is 31.7. The van der Waals surface area contributed by atoms with E-state index in [0.29, 0.717) is 5.92 Å². The molecule has 0 saturated heterocycles. The molecule has 0 radical (unpaired) electrons. The first-order valence-corrected chi connectivity index (χ1v) is 17.4. The summed E-state index contributed by atoms with van der Waals surface area (Å²) >= 11 is 0. The van der Waals surface area contributed by atoms with Crippen LogP contribution in [-0.4, -0.2) is 0 Å². The number of fused-ring (bicyclic) bond motifs is 3. The van der Waals surface area contributed by atoms with E-state index in [1.54, 1.807) is 0 Å². The van der Waals surface area contributed by atoms with E-state index in [4.69, 9.17) is 0 Å². The molecule has 1 aliphatic rings. The van der Waals surface area contributed by atoms with Crippen LogP contribution in [0.3, 0.4) is 0 Å². The molecule has 2 heteroatoms. The number of hydrogen-bond acceptors (Lipinski definition) is 0. The Bertz CT molecular complexity index is 1870. The Morgan fingerprint density at radius 2 is 1.52 bits per heavy atom. The van der Waals surface area contributed by atoms with Crippen LogP contribution in [0.25, 0.3) is 45.4 Å². The smallest absolute Gasteiger partial charge is 0.200 e. The van der Waals surface area contributed by atoms with Gasteiger partial charge in [0.05, 0.1) is 16.5 Å². The van der Waals surface area contributed by atoms with Crippen LogP contribution in [0.1, 0.15) is 82.6 Å². The number of rotatable bonds is 10. The molecule has 0 fully saturated rings. The molecular formula is C44H50N2+2. The van der Waals surface area contributed by atoms with Gasteiger partial charge in [0.15, 0.2) is 18.1 Å². The summed E-state index contributed by atoms with van der Waals surface area (Å²) in [6.07, 6.45) is 13.8. The van der Waals surface area contributed by atoms with E-state index < -0.39 is 0 Å². The summed E-state index contributed by atoms with van der Waals surface area (Å²) in [7, 11) is 2.18. The van der Waals surface area contributed by atoms with E-state index in [2.05, 4.69) is 166 Å². The highest BCUT2D eigenvalue weighted by molar-refractivity contribution is 5.85. The molecule has 46 heavy (non-hydrogen) atoms. The van der Waals surface area contributed by atoms with Crippen LogP contribution in [0.5, 0.6) is 0 Å². The number of nitrogens with zero attached hydrogens (tertiary/aromatic N) is 2. The quantitative estimate of drug-likeness (QED) is 0.140. The largest absolute Gasteiger partial charge is 0.218 e. The van der Waals surface area contributed by atoms with Gasteiger partial charge in [0.25, 0.3) is 0 Å². The summed E-state index contributed by atoms with van der Waals surface area (Å²) in [5, 5.41) is 0. The molecule has 3 aromatic carbocycles. The van der Waals surface area contributed by atoms with E-state index in [9.17, 15) is 0 Å². The van der Waals surface area contributed by atoms with Crippen molar-refractivity contribution in [2.75, 3.05) is 0 Å². The summed E-state index contributed by atoms with van der Waals surface area (Å²) in [6.45, 7) is 11.6. The van der Waals surface area contributed by atoms with Gasteiger partial charge in [0.2, 0.25) is 11.4 Å². The predicted octanol–water partition coefficient (Wildman–Crippen LogP) is 10.4. The third-order valence-electron chi connectivity index (χ3n) is 10.1. The minimum atomic E-state index is -0.0855. The zero-order valence-corrected chi connectivity index (χ0v) is 28.7. The lowest BCUT2D eigenvalue weighted by Crippen LogP contribution is -2.49. The van der Waals surface area contributed by atoms with Gasteiger partial charge >= 0.3 is 0 Å². The monoisotopic (exact) mass is 606 g/mol. The summed E-state index contributed by atoms with van der Waals surface area (Å²) in [5.74, 6) is 0.643. The van der Waals surface area contributed by atoms with Gasteiger partial charge in [-0.1, -0.05) is 95.6 Å². The third-order valence-corrected chi connectivity index (χ3v) is 10.1. The molecule has 1 aliphatic heterocycles. The predicted molar refractivity (Wildman–Crippen MR) is 194 cm³/mol. The first-order valence-electron chi connectivity index (χ1n) is 17.4. The van der Waals surface area contributed by atoms with Crippen molar-refractivity contribution < 1.29 is 9.13 Å². The van der Waals surface area contributed by atoms with Gasteiger partial charge in [-0.05, 0) is 90.1 Å². The Balaban J connectivity index is 1.46. The maximum absolute atomic E-state index is 2.48. The van der Waals surface area contributed by atoms with Crippen molar-refractivity contribution in [3.05, 3.63) is 132 Å². The number of aryl methyl sites for hydroxylation is 2. The van der Waals surface area contributed by atoms with Crippen molar-refractivity contribution >= 4 is 11.8 Å². The van der Waals surface area contributed by atoms with E-state index in [1.807, 2.05) is 0 Å². The number of unbranched alkanes of at least 4 members (excludes halogenated alkanes) is 1. The summed E-state index contributed by atoms with van der Waals surface area (Å²) < 4.78 is 4.77. The third kappa shape index (κ3) is 5.98. The van der Waals surface area contributed by atoms with Gasteiger partial charge in [0.1, 0.15) is 7.05 Å². The number of aromatic nitrogens is 2. The van der Waals surface area contributed by atoms with Gasteiger partial charge in [-0.3, -0.25) is 0 Å². The molecule has 2 nitrogen and oxygen atoms in total. The van der Waals surface area contributed by atoms with E-state index >= 15 is 0 Å². The Kier molecular flexibility index (Phi) is 9.36. The topological polar surface area (TPSA) is 7.76 Å². The lowest BCUT2D eigenvalue weighted by atomic mass is 9.68. The Hall–Kier alpha value is -4.30. The highest BCUT2D eigenvalue weighted by atomic mass is 15.0. The average molecular weight is 607 g/mol. The van der Waals surface area contributed by atoms with Gasteiger partial charge in [-0.2, -0.15) is 4.57 Å². The SMILES string of the molecule is CCCCc1ccc2c(c1)-c1cccc[n+]1C(=Cc1ccccc1-c1ccc(-c3cccc(CC(C)C)c3)c[n+]1C)C2(CC)CC. The molecule has 0 bridgehead atoms. The normalized spacial score (nSPS) is 14.4. The number of allylic oxidation sites excluding steroid dienone is 1. The van der Waals surface area contributed by atoms with Crippen LogP contribution in [0.2, 0.25) is 0 Å². The molecule has 0 atom stereocenters. The van der Waals surface area contributed by atoms with Crippen LogP contribution in [-0.2, 0) is 25.3 Å². The second kappa shape index (κ2) is 13.6. The second-order valence-electron chi connectivity index (χ2n) is 13.6. The molecule has 0 amide bonds. The Labute approximate surface area is 277 Å². The fourth-order valence-electron chi connectivity index (χ4n) is 7.61. The van der Waals surface area contributed by atoms with Gasteiger partial charge in [-0.15, -0.1) is 0 Å². The maximum Gasteiger partial charge on any atom is 0.218 e.